The number of carbonyl (C=O) groups is 1. The summed E-state index contributed by atoms with van der Waals surface area (Å²) >= 11 is 0. The monoisotopic (exact) mass is 395 g/mol. The largest absolute Gasteiger partial charge is 0.338 e. The molecule has 4 nitrogen and oxygen atoms in total. The van der Waals surface area contributed by atoms with E-state index in [0.717, 1.165) is 23.4 Å². The Morgan fingerprint density at radius 1 is 0.900 bits per heavy atom. The van der Waals surface area contributed by atoms with Crippen LogP contribution >= 0.6 is 0 Å². The van der Waals surface area contributed by atoms with Crippen LogP contribution in [0.15, 0.2) is 78.9 Å². The van der Waals surface area contributed by atoms with Gasteiger partial charge in [-0.15, -0.1) is 0 Å². The Morgan fingerprint density at radius 3 is 2.47 bits per heavy atom. The van der Waals surface area contributed by atoms with E-state index in [2.05, 4.69) is 66.1 Å². The summed E-state index contributed by atoms with van der Waals surface area (Å²) < 4.78 is 2.31. The summed E-state index contributed by atoms with van der Waals surface area (Å²) in [5, 5.41) is 0. The van der Waals surface area contributed by atoms with Crippen LogP contribution in [0.1, 0.15) is 34.9 Å². The minimum atomic E-state index is 0.109. The first kappa shape index (κ1) is 18.6. The maximum atomic E-state index is 12.8. The number of aryl methyl sites for hydroxylation is 1. The SMILES string of the molecule is Cc1ccccc1Cn1c([C@@H]2CC(=O)N(Cc3ccccc3)C2)nc2ccccc21. The van der Waals surface area contributed by atoms with Crippen molar-refractivity contribution in [3.05, 3.63) is 101 Å². The van der Waals surface area contributed by atoms with E-state index >= 15 is 0 Å². The molecule has 5 rings (SSSR count). The van der Waals surface area contributed by atoms with E-state index in [1.807, 2.05) is 29.2 Å². The molecule has 150 valence electrons. The normalized spacial score (nSPS) is 16.5. The molecule has 2 heterocycles. The number of aromatic nitrogens is 2. The summed E-state index contributed by atoms with van der Waals surface area (Å²) in [6.07, 6.45) is 0.518. The van der Waals surface area contributed by atoms with Crippen molar-refractivity contribution in [3.63, 3.8) is 0 Å². The van der Waals surface area contributed by atoms with Gasteiger partial charge in [-0.3, -0.25) is 4.79 Å². The van der Waals surface area contributed by atoms with Gasteiger partial charge in [0, 0.05) is 32.0 Å². The molecule has 3 aromatic carbocycles. The van der Waals surface area contributed by atoms with E-state index in [-0.39, 0.29) is 11.8 Å². The van der Waals surface area contributed by atoms with Crippen LogP contribution in [0.2, 0.25) is 0 Å². The van der Waals surface area contributed by atoms with Crippen LogP contribution in [-0.4, -0.2) is 26.9 Å². The van der Waals surface area contributed by atoms with E-state index < -0.39 is 0 Å². The van der Waals surface area contributed by atoms with Crippen molar-refractivity contribution < 1.29 is 4.79 Å². The molecule has 4 heteroatoms. The van der Waals surface area contributed by atoms with Crippen molar-refractivity contribution in [2.45, 2.75) is 32.4 Å². The molecule has 30 heavy (non-hydrogen) atoms. The zero-order valence-corrected chi connectivity index (χ0v) is 17.2. The molecule has 0 bridgehead atoms. The van der Waals surface area contributed by atoms with Crippen LogP contribution in [0.3, 0.4) is 0 Å². The Morgan fingerprint density at radius 2 is 1.63 bits per heavy atom. The van der Waals surface area contributed by atoms with Gasteiger partial charge in [-0.2, -0.15) is 0 Å². The molecule has 0 radical (unpaired) electrons. The van der Waals surface area contributed by atoms with Gasteiger partial charge < -0.3 is 9.47 Å². The Kier molecular flexibility index (Phi) is 4.83. The number of hydrogen-bond acceptors (Lipinski definition) is 2. The second kappa shape index (κ2) is 7.79. The van der Waals surface area contributed by atoms with Gasteiger partial charge in [0.05, 0.1) is 11.0 Å². The van der Waals surface area contributed by atoms with Crippen molar-refractivity contribution in [2.24, 2.45) is 0 Å². The summed E-state index contributed by atoms with van der Waals surface area (Å²) in [5.74, 6) is 1.33. The number of amides is 1. The van der Waals surface area contributed by atoms with Crippen molar-refractivity contribution in [1.82, 2.24) is 14.5 Å². The average Bonchev–Trinajstić information content (AvgIpc) is 3.31. The van der Waals surface area contributed by atoms with Crippen LogP contribution in [0.4, 0.5) is 0 Å². The Bertz CT molecular complexity index is 1200. The molecule has 1 atom stereocenters. The number of hydrogen-bond donors (Lipinski definition) is 0. The fourth-order valence-corrected chi connectivity index (χ4v) is 4.43. The zero-order chi connectivity index (χ0) is 20.5. The summed E-state index contributed by atoms with van der Waals surface area (Å²) in [6, 6.07) is 27.0. The van der Waals surface area contributed by atoms with Crippen molar-refractivity contribution in [1.29, 1.82) is 0 Å². The van der Waals surface area contributed by atoms with Crippen LogP contribution in [0, 0.1) is 6.92 Å². The highest BCUT2D eigenvalue weighted by atomic mass is 16.2. The molecule has 1 aliphatic heterocycles. The Hall–Kier alpha value is -3.40. The minimum absolute atomic E-state index is 0.109. The third-order valence-electron chi connectivity index (χ3n) is 6.07. The lowest BCUT2D eigenvalue weighted by Crippen LogP contribution is -2.24. The van der Waals surface area contributed by atoms with Crippen LogP contribution in [-0.2, 0) is 17.9 Å². The maximum absolute atomic E-state index is 12.8. The average molecular weight is 396 g/mol. The number of benzene rings is 3. The molecule has 1 amide bonds. The molecule has 1 aromatic heterocycles. The molecule has 0 aliphatic carbocycles. The number of likely N-dealkylation sites (tertiary alicyclic amines) is 1. The predicted molar refractivity (Wildman–Crippen MR) is 119 cm³/mol. The first-order valence-electron chi connectivity index (χ1n) is 10.5. The van der Waals surface area contributed by atoms with Crippen LogP contribution in [0.5, 0.6) is 0 Å². The Balaban J connectivity index is 1.48. The molecule has 0 saturated carbocycles. The molecule has 1 aliphatic rings. The fraction of sp³-hybridized carbons (Fsp3) is 0.231. The number of nitrogens with zero attached hydrogens (tertiary/aromatic N) is 3. The highest BCUT2D eigenvalue weighted by Gasteiger charge is 2.34. The van der Waals surface area contributed by atoms with Gasteiger partial charge in [-0.25, -0.2) is 4.98 Å². The first-order valence-corrected chi connectivity index (χ1v) is 10.5. The molecular formula is C26H25N3O. The fourth-order valence-electron chi connectivity index (χ4n) is 4.43. The second-order valence-corrected chi connectivity index (χ2v) is 8.13. The Labute approximate surface area is 176 Å². The van der Waals surface area contributed by atoms with E-state index in [0.29, 0.717) is 19.5 Å². The first-order chi connectivity index (χ1) is 14.7. The third-order valence-corrected chi connectivity index (χ3v) is 6.07. The molecule has 1 fully saturated rings. The standard InChI is InChI=1S/C26H25N3O/c1-19-9-5-6-12-21(19)18-29-24-14-8-7-13-23(24)27-26(29)22-15-25(30)28(17-22)16-20-10-3-2-4-11-20/h2-14,22H,15-18H2,1H3/t22-/m1/s1. The summed E-state index contributed by atoms with van der Waals surface area (Å²) in [6.45, 7) is 4.29. The van der Waals surface area contributed by atoms with E-state index in [4.69, 9.17) is 4.98 Å². The zero-order valence-electron chi connectivity index (χ0n) is 17.2. The quantitative estimate of drug-likeness (QED) is 0.482. The van der Waals surface area contributed by atoms with Gasteiger partial charge in [0.15, 0.2) is 0 Å². The third kappa shape index (κ3) is 3.50. The predicted octanol–water partition coefficient (Wildman–Crippen LogP) is 4.91. The van der Waals surface area contributed by atoms with Crippen molar-refractivity contribution in [2.75, 3.05) is 6.54 Å². The molecular weight excluding hydrogens is 370 g/mol. The highest BCUT2D eigenvalue weighted by Crippen LogP contribution is 2.32. The maximum Gasteiger partial charge on any atom is 0.223 e. The van der Waals surface area contributed by atoms with Crippen LogP contribution < -0.4 is 0 Å². The second-order valence-electron chi connectivity index (χ2n) is 8.13. The van der Waals surface area contributed by atoms with Gasteiger partial charge >= 0.3 is 0 Å². The molecule has 0 N–H and O–H groups in total. The number of rotatable bonds is 5. The van der Waals surface area contributed by atoms with Gasteiger partial charge in [-0.05, 0) is 35.7 Å². The molecule has 0 spiro atoms. The van der Waals surface area contributed by atoms with Gasteiger partial charge in [0.25, 0.3) is 0 Å². The van der Waals surface area contributed by atoms with Gasteiger partial charge in [0.1, 0.15) is 5.82 Å². The summed E-state index contributed by atoms with van der Waals surface area (Å²) in [4.78, 5) is 19.7. The lowest BCUT2D eigenvalue weighted by atomic mass is 10.1. The summed E-state index contributed by atoms with van der Waals surface area (Å²) in [7, 11) is 0. The van der Waals surface area contributed by atoms with Crippen molar-refractivity contribution in [3.8, 4) is 0 Å². The number of carbonyl (C=O) groups excluding carboxylic acids is 1. The van der Waals surface area contributed by atoms with Crippen molar-refractivity contribution >= 4 is 16.9 Å². The lowest BCUT2D eigenvalue weighted by molar-refractivity contribution is -0.128. The number of fused-ring (bicyclic) bond motifs is 1. The van der Waals surface area contributed by atoms with Gasteiger partial charge in [-0.1, -0.05) is 66.7 Å². The van der Waals surface area contributed by atoms with Gasteiger partial charge in [0.2, 0.25) is 5.91 Å². The number of imidazole rings is 1. The summed E-state index contributed by atoms with van der Waals surface area (Å²) in [5.41, 5.74) is 5.85. The molecule has 0 unspecified atom stereocenters. The molecule has 4 aromatic rings. The highest BCUT2D eigenvalue weighted by molar-refractivity contribution is 5.81. The van der Waals surface area contributed by atoms with E-state index in [9.17, 15) is 4.79 Å². The number of para-hydroxylation sites is 2. The lowest BCUT2D eigenvalue weighted by Gasteiger charge is -2.18. The van der Waals surface area contributed by atoms with E-state index in [1.165, 1.54) is 16.7 Å². The smallest absolute Gasteiger partial charge is 0.223 e. The van der Waals surface area contributed by atoms with E-state index in [1.54, 1.807) is 0 Å². The topological polar surface area (TPSA) is 38.1 Å². The van der Waals surface area contributed by atoms with Crippen LogP contribution in [0.25, 0.3) is 11.0 Å². The minimum Gasteiger partial charge on any atom is -0.338 e. The molecule has 1 saturated heterocycles.